The van der Waals surface area contributed by atoms with Crippen molar-refractivity contribution in [2.24, 2.45) is 4.99 Å². The minimum Gasteiger partial charge on any atom is -0.464 e. The minimum atomic E-state index is 0.0884. The third-order valence-electron chi connectivity index (χ3n) is 2.84. The molecule has 0 spiro atoms. The maximum absolute atomic E-state index is 5.60. The molecule has 5 nitrogen and oxygen atoms in total. The fourth-order valence-corrected chi connectivity index (χ4v) is 1.78. The molecule has 5 heteroatoms. The van der Waals surface area contributed by atoms with Crippen LogP contribution < -0.4 is 16.0 Å². The molecular weight excluding hydrogens is 252 g/mol. The van der Waals surface area contributed by atoms with Crippen LogP contribution in [0, 0.1) is 6.92 Å². The van der Waals surface area contributed by atoms with Gasteiger partial charge in [0.2, 0.25) is 0 Å². The predicted octanol–water partition coefficient (Wildman–Crippen LogP) is 2.20. The van der Waals surface area contributed by atoms with Gasteiger partial charge < -0.3 is 20.4 Å². The molecule has 0 saturated carbocycles. The van der Waals surface area contributed by atoms with E-state index in [0.717, 1.165) is 30.6 Å². The van der Waals surface area contributed by atoms with Crippen molar-refractivity contribution in [2.75, 3.05) is 20.1 Å². The Labute approximate surface area is 122 Å². The summed E-state index contributed by atoms with van der Waals surface area (Å²) in [5.41, 5.74) is 0.137. The van der Waals surface area contributed by atoms with Crippen LogP contribution in [0.3, 0.4) is 0 Å². The molecule has 0 bridgehead atoms. The van der Waals surface area contributed by atoms with Crippen LogP contribution in [0.15, 0.2) is 21.5 Å². The van der Waals surface area contributed by atoms with Crippen molar-refractivity contribution >= 4 is 5.96 Å². The highest BCUT2D eigenvalue weighted by Gasteiger charge is 2.11. The molecule has 20 heavy (non-hydrogen) atoms. The van der Waals surface area contributed by atoms with Crippen LogP contribution in [-0.4, -0.2) is 31.6 Å². The number of aryl methyl sites for hydroxylation is 1. The van der Waals surface area contributed by atoms with Gasteiger partial charge in [-0.3, -0.25) is 4.99 Å². The number of aliphatic imine (C=N–C) groups is 1. The van der Waals surface area contributed by atoms with Crippen molar-refractivity contribution in [1.29, 1.82) is 0 Å². The normalized spacial score (nSPS) is 14.2. The van der Waals surface area contributed by atoms with E-state index in [1.54, 1.807) is 7.05 Å². The summed E-state index contributed by atoms with van der Waals surface area (Å²) in [7, 11) is 1.77. The number of hydrogen-bond donors (Lipinski definition) is 3. The van der Waals surface area contributed by atoms with E-state index >= 15 is 0 Å². The Morgan fingerprint density at radius 1 is 1.30 bits per heavy atom. The van der Waals surface area contributed by atoms with E-state index in [0.29, 0.717) is 0 Å². The Balaban J connectivity index is 2.36. The van der Waals surface area contributed by atoms with Crippen molar-refractivity contribution in [3.8, 4) is 0 Å². The molecule has 0 aliphatic heterocycles. The lowest BCUT2D eigenvalue weighted by atomic mass is 10.1. The fraction of sp³-hybridized carbons (Fsp3) is 0.667. The Hall–Kier alpha value is -1.49. The zero-order chi connectivity index (χ0) is 15.2. The Morgan fingerprint density at radius 2 is 2.00 bits per heavy atom. The Morgan fingerprint density at radius 3 is 2.50 bits per heavy atom. The van der Waals surface area contributed by atoms with Crippen molar-refractivity contribution in [3.05, 3.63) is 23.7 Å². The standard InChI is InChI=1S/C15H28N4O/c1-11-7-8-13(20-11)12(2)19-14(16-6)17-9-10-18-15(3,4)5/h7-8,12,18H,9-10H2,1-6H3,(H2,16,17,19). The summed E-state index contributed by atoms with van der Waals surface area (Å²) in [4.78, 5) is 4.22. The van der Waals surface area contributed by atoms with Gasteiger partial charge in [0.1, 0.15) is 11.5 Å². The summed E-state index contributed by atoms with van der Waals surface area (Å²) < 4.78 is 5.60. The molecule has 1 rings (SSSR count). The first kappa shape index (κ1) is 16.6. The van der Waals surface area contributed by atoms with Gasteiger partial charge in [-0.15, -0.1) is 0 Å². The van der Waals surface area contributed by atoms with E-state index in [1.165, 1.54) is 0 Å². The van der Waals surface area contributed by atoms with Crippen LogP contribution in [-0.2, 0) is 0 Å². The second-order valence-electron chi connectivity index (χ2n) is 5.99. The van der Waals surface area contributed by atoms with Gasteiger partial charge in [0, 0.05) is 25.7 Å². The first-order chi connectivity index (χ1) is 9.31. The number of nitrogens with one attached hydrogen (secondary N) is 3. The fourth-order valence-electron chi connectivity index (χ4n) is 1.78. The molecule has 0 saturated heterocycles. The van der Waals surface area contributed by atoms with Gasteiger partial charge in [-0.05, 0) is 46.8 Å². The highest BCUT2D eigenvalue weighted by atomic mass is 16.3. The highest BCUT2D eigenvalue weighted by Crippen LogP contribution is 2.15. The molecule has 1 aromatic rings. The summed E-state index contributed by atoms with van der Waals surface area (Å²) in [5.74, 6) is 2.62. The average Bonchev–Trinajstić information content (AvgIpc) is 2.78. The summed E-state index contributed by atoms with van der Waals surface area (Å²) in [6.45, 7) is 12.2. The second-order valence-corrected chi connectivity index (χ2v) is 5.99. The van der Waals surface area contributed by atoms with Gasteiger partial charge in [0.05, 0.1) is 6.04 Å². The van der Waals surface area contributed by atoms with Gasteiger partial charge in [-0.25, -0.2) is 0 Å². The molecule has 1 heterocycles. The van der Waals surface area contributed by atoms with Crippen molar-refractivity contribution in [2.45, 2.75) is 46.2 Å². The molecule has 1 unspecified atom stereocenters. The van der Waals surface area contributed by atoms with Crippen LogP contribution >= 0.6 is 0 Å². The monoisotopic (exact) mass is 280 g/mol. The van der Waals surface area contributed by atoms with Gasteiger partial charge in [-0.2, -0.15) is 0 Å². The topological polar surface area (TPSA) is 61.6 Å². The molecule has 1 aromatic heterocycles. The summed E-state index contributed by atoms with van der Waals surface area (Å²) in [6.07, 6.45) is 0. The molecule has 1 atom stereocenters. The zero-order valence-corrected chi connectivity index (χ0v) is 13.5. The quantitative estimate of drug-likeness (QED) is 0.439. The maximum Gasteiger partial charge on any atom is 0.191 e. The first-order valence-electron chi connectivity index (χ1n) is 7.10. The molecule has 3 N–H and O–H groups in total. The SMILES string of the molecule is CN=C(NCCNC(C)(C)C)NC(C)c1ccc(C)o1. The number of rotatable bonds is 5. The number of furan rings is 1. The van der Waals surface area contributed by atoms with Crippen LogP contribution in [0.5, 0.6) is 0 Å². The van der Waals surface area contributed by atoms with Crippen molar-refractivity contribution in [3.63, 3.8) is 0 Å². The van der Waals surface area contributed by atoms with E-state index in [4.69, 9.17) is 4.42 Å². The second kappa shape index (κ2) is 7.33. The van der Waals surface area contributed by atoms with E-state index in [1.807, 2.05) is 19.1 Å². The number of guanidine groups is 1. The van der Waals surface area contributed by atoms with E-state index in [-0.39, 0.29) is 11.6 Å². The Kier molecular flexibility index (Phi) is 6.07. The molecule has 0 radical (unpaired) electrons. The summed E-state index contributed by atoms with van der Waals surface area (Å²) in [6, 6.07) is 4.05. The molecule has 0 fully saturated rings. The van der Waals surface area contributed by atoms with Crippen LogP contribution in [0.2, 0.25) is 0 Å². The van der Waals surface area contributed by atoms with Gasteiger partial charge in [0.15, 0.2) is 5.96 Å². The van der Waals surface area contributed by atoms with Crippen LogP contribution in [0.25, 0.3) is 0 Å². The zero-order valence-electron chi connectivity index (χ0n) is 13.5. The number of nitrogens with zero attached hydrogens (tertiary/aromatic N) is 1. The molecular formula is C15H28N4O. The smallest absolute Gasteiger partial charge is 0.191 e. The Bertz CT molecular complexity index is 431. The minimum absolute atomic E-state index is 0.0884. The van der Waals surface area contributed by atoms with Crippen molar-refractivity contribution in [1.82, 2.24) is 16.0 Å². The molecule has 0 aromatic carbocycles. The lowest BCUT2D eigenvalue weighted by Crippen LogP contribution is -2.45. The predicted molar refractivity (Wildman–Crippen MR) is 84.1 cm³/mol. The van der Waals surface area contributed by atoms with Crippen LogP contribution in [0.1, 0.15) is 45.3 Å². The summed E-state index contributed by atoms with van der Waals surface area (Å²) in [5, 5.41) is 10.0. The lowest BCUT2D eigenvalue weighted by molar-refractivity contribution is 0.425. The van der Waals surface area contributed by atoms with Crippen molar-refractivity contribution < 1.29 is 4.42 Å². The van der Waals surface area contributed by atoms with Gasteiger partial charge in [0.25, 0.3) is 0 Å². The lowest BCUT2D eigenvalue weighted by Gasteiger charge is -2.21. The first-order valence-corrected chi connectivity index (χ1v) is 7.10. The average molecular weight is 280 g/mol. The molecule has 0 aliphatic rings. The largest absolute Gasteiger partial charge is 0.464 e. The van der Waals surface area contributed by atoms with Gasteiger partial charge >= 0.3 is 0 Å². The van der Waals surface area contributed by atoms with Gasteiger partial charge in [-0.1, -0.05) is 0 Å². The highest BCUT2D eigenvalue weighted by molar-refractivity contribution is 5.79. The third kappa shape index (κ3) is 6.10. The van der Waals surface area contributed by atoms with E-state index in [2.05, 4.69) is 48.6 Å². The number of hydrogen-bond acceptors (Lipinski definition) is 3. The maximum atomic E-state index is 5.60. The summed E-state index contributed by atoms with van der Waals surface area (Å²) >= 11 is 0. The van der Waals surface area contributed by atoms with Crippen LogP contribution in [0.4, 0.5) is 0 Å². The molecule has 0 amide bonds. The van der Waals surface area contributed by atoms with E-state index < -0.39 is 0 Å². The third-order valence-corrected chi connectivity index (χ3v) is 2.84. The van der Waals surface area contributed by atoms with E-state index in [9.17, 15) is 0 Å². The molecule has 114 valence electrons. The molecule has 0 aliphatic carbocycles.